The Balaban J connectivity index is 2.43. The lowest BCUT2D eigenvalue weighted by atomic mass is 10.0. The molecule has 0 spiro atoms. The van der Waals surface area contributed by atoms with E-state index in [1.165, 1.54) is 12.3 Å². The molecule has 0 fully saturated rings. The summed E-state index contributed by atoms with van der Waals surface area (Å²) in [6.07, 6.45) is 4.44. The summed E-state index contributed by atoms with van der Waals surface area (Å²) in [6.45, 7) is 6.29. The Morgan fingerprint density at radius 1 is 1.39 bits per heavy atom. The Hall–Kier alpha value is -1.45. The highest BCUT2D eigenvalue weighted by molar-refractivity contribution is 5.94. The first-order valence-corrected chi connectivity index (χ1v) is 6.42. The van der Waals surface area contributed by atoms with E-state index in [1.54, 1.807) is 6.07 Å². The third-order valence-electron chi connectivity index (χ3n) is 2.80. The number of amides is 1. The summed E-state index contributed by atoms with van der Waals surface area (Å²) in [4.78, 5) is 15.2. The van der Waals surface area contributed by atoms with E-state index in [0.717, 1.165) is 19.3 Å². The smallest absolute Gasteiger partial charge is 0.256 e. The third kappa shape index (κ3) is 4.82. The van der Waals surface area contributed by atoms with Crippen molar-refractivity contribution in [1.82, 2.24) is 10.3 Å². The van der Waals surface area contributed by atoms with Crippen LogP contribution in [0.4, 0.5) is 4.39 Å². The fraction of sp³-hybridized carbons (Fsp3) is 0.571. The SMILES string of the molecule is CC(C)CCCC(C)NC(=O)c1cccnc1F. The zero-order valence-electron chi connectivity index (χ0n) is 11.2. The van der Waals surface area contributed by atoms with Crippen LogP contribution in [0.15, 0.2) is 18.3 Å². The van der Waals surface area contributed by atoms with E-state index in [1.807, 2.05) is 6.92 Å². The van der Waals surface area contributed by atoms with E-state index in [0.29, 0.717) is 5.92 Å². The van der Waals surface area contributed by atoms with Gasteiger partial charge in [0, 0.05) is 12.2 Å². The molecule has 0 aliphatic carbocycles. The van der Waals surface area contributed by atoms with Crippen molar-refractivity contribution in [3.63, 3.8) is 0 Å². The lowest BCUT2D eigenvalue weighted by Gasteiger charge is -2.14. The molecule has 1 heterocycles. The highest BCUT2D eigenvalue weighted by Gasteiger charge is 2.14. The second kappa shape index (κ2) is 7.09. The van der Waals surface area contributed by atoms with E-state index < -0.39 is 11.9 Å². The van der Waals surface area contributed by atoms with Gasteiger partial charge in [-0.1, -0.05) is 26.7 Å². The van der Waals surface area contributed by atoms with Gasteiger partial charge in [-0.25, -0.2) is 4.98 Å². The van der Waals surface area contributed by atoms with Crippen molar-refractivity contribution in [2.75, 3.05) is 0 Å². The zero-order valence-corrected chi connectivity index (χ0v) is 11.2. The average molecular weight is 252 g/mol. The summed E-state index contributed by atoms with van der Waals surface area (Å²) in [7, 11) is 0. The van der Waals surface area contributed by atoms with E-state index >= 15 is 0 Å². The molecule has 1 rings (SSSR count). The highest BCUT2D eigenvalue weighted by Crippen LogP contribution is 2.09. The third-order valence-corrected chi connectivity index (χ3v) is 2.80. The number of aromatic nitrogens is 1. The van der Waals surface area contributed by atoms with Gasteiger partial charge in [0.05, 0.1) is 5.56 Å². The predicted molar refractivity (Wildman–Crippen MR) is 69.8 cm³/mol. The maximum Gasteiger partial charge on any atom is 0.256 e. The molecule has 1 aromatic heterocycles. The molecular formula is C14H21FN2O. The molecule has 0 aromatic carbocycles. The molecular weight excluding hydrogens is 231 g/mol. The van der Waals surface area contributed by atoms with Crippen molar-refractivity contribution in [3.8, 4) is 0 Å². The zero-order chi connectivity index (χ0) is 13.5. The number of hydrogen-bond donors (Lipinski definition) is 1. The molecule has 18 heavy (non-hydrogen) atoms. The Bertz CT molecular complexity index is 393. The topological polar surface area (TPSA) is 42.0 Å². The van der Waals surface area contributed by atoms with Crippen molar-refractivity contribution >= 4 is 5.91 Å². The second-order valence-corrected chi connectivity index (χ2v) is 5.04. The van der Waals surface area contributed by atoms with Crippen molar-refractivity contribution in [1.29, 1.82) is 0 Å². The van der Waals surface area contributed by atoms with E-state index in [9.17, 15) is 9.18 Å². The molecule has 0 bridgehead atoms. The largest absolute Gasteiger partial charge is 0.349 e. The maximum atomic E-state index is 13.3. The number of nitrogens with one attached hydrogen (secondary N) is 1. The molecule has 0 aliphatic rings. The van der Waals surface area contributed by atoms with Gasteiger partial charge >= 0.3 is 0 Å². The summed E-state index contributed by atoms with van der Waals surface area (Å²) in [5, 5.41) is 2.79. The highest BCUT2D eigenvalue weighted by atomic mass is 19.1. The normalized spacial score (nSPS) is 12.5. The van der Waals surface area contributed by atoms with E-state index in [4.69, 9.17) is 0 Å². The molecule has 1 aromatic rings. The van der Waals surface area contributed by atoms with Gasteiger partial charge in [-0.2, -0.15) is 4.39 Å². The van der Waals surface area contributed by atoms with Crippen molar-refractivity contribution in [2.45, 2.75) is 46.1 Å². The van der Waals surface area contributed by atoms with Gasteiger partial charge in [-0.3, -0.25) is 4.79 Å². The number of nitrogens with zero attached hydrogens (tertiary/aromatic N) is 1. The van der Waals surface area contributed by atoms with Crippen LogP contribution in [0.1, 0.15) is 50.4 Å². The average Bonchev–Trinajstić information content (AvgIpc) is 2.28. The number of rotatable bonds is 6. The molecule has 1 N–H and O–H groups in total. The number of carbonyl (C=O) groups excluding carboxylic acids is 1. The van der Waals surface area contributed by atoms with Crippen LogP contribution in [-0.4, -0.2) is 16.9 Å². The minimum atomic E-state index is -0.718. The Kier molecular flexibility index (Phi) is 5.75. The summed E-state index contributed by atoms with van der Waals surface area (Å²) in [5.41, 5.74) is 0.00760. The lowest BCUT2D eigenvalue weighted by Crippen LogP contribution is -2.33. The Morgan fingerprint density at radius 2 is 2.11 bits per heavy atom. The van der Waals surface area contributed by atoms with Crippen LogP contribution in [0.3, 0.4) is 0 Å². The van der Waals surface area contributed by atoms with Crippen LogP contribution in [0.5, 0.6) is 0 Å². The van der Waals surface area contributed by atoms with Gasteiger partial charge in [-0.05, 0) is 31.4 Å². The molecule has 3 nitrogen and oxygen atoms in total. The van der Waals surface area contributed by atoms with Crippen LogP contribution in [0.25, 0.3) is 0 Å². The Morgan fingerprint density at radius 3 is 2.72 bits per heavy atom. The molecule has 4 heteroatoms. The molecule has 0 saturated heterocycles. The standard InChI is InChI=1S/C14H21FN2O/c1-10(2)6-4-7-11(3)17-14(18)12-8-5-9-16-13(12)15/h5,8-11H,4,6-7H2,1-3H3,(H,17,18). The van der Waals surface area contributed by atoms with E-state index in [2.05, 4.69) is 24.1 Å². The van der Waals surface area contributed by atoms with Crippen LogP contribution >= 0.6 is 0 Å². The fourth-order valence-electron chi connectivity index (χ4n) is 1.76. The summed E-state index contributed by atoms with van der Waals surface area (Å²) in [6, 6.07) is 3.05. The first kappa shape index (κ1) is 14.6. The van der Waals surface area contributed by atoms with Crippen LogP contribution in [0.2, 0.25) is 0 Å². The van der Waals surface area contributed by atoms with Gasteiger partial charge in [-0.15, -0.1) is 0 Å². The molecule has 0 aliphatic heterocycles. The predicted octanol–water partition coefficient (Wildman–Crippen LogP) is 3.17. The fourth-order valence-corrected chi connectivity index (χ4v) is 1.76. The summed E-state index contributed by atoms with van der Waals surface area (Å²) in [5.74, 6) is -0.439. The van der Waals surface area contributed by atoms with Crippen LogP contribution < -0.4 is 5.32 Å². The molecule has 100 valence electrons. The maximum absolute atomic E-state index is 13.3. The quantitative estimate of drug-likeness (QED) is 0.790. The number of pyridine rings is 1. The summed E-state index contributed by atoms with van der Waals surface area (Å²) < 4.78 is 13.3. The second-order valence-electron chi connectivity index (χ2n) is 5.04. The first-order valence-electron chi connectivity index (χ1n) is 6.42. The molecule has 1 amide bonds. The van der Waals surface area contributed by atoms with E-state index in [-0.39, 0.29) is 11.6 Å². The van der Waals surface area contributed by atoms with Gasteiger partial charge < -0.3 is 5.32 Å². The van der Waals surface area contributed by atoms with Crippen LogP contribution in [0, 0.1) is 11.9 Å². The molecule has 0 saturated carbocycles. The number of hydrogen-bond acceptors (Lipinski definition) is 2. The summed E-state index contributed by atoms with van der Waals surface area (Å²) >= 11 is 0. The lowest BCUT2D eigenvalue weighted by molar-refractivity contribution is 0.0933. The first-order chi connectivity index (χ1) is 8.50. The van der Waals surface area contributed by atoms with Crippen molar-refractivity contribution in [2.24, 2.45) is 5.92 Å². The van der Waals surface area contributed by atoms with Gasteiger partial charge in [0.25, 0.3) is 5.91 Å². The van der Waals surface area contributed by atoms with Gasteiger partial charge in [0.2, 0.25) is 5.95 Å². The number of carbonyl (C=O) groups is 1. The van der Waals surface area contributed by atoms with Gasteiger partial charge in [0.1, 0.15) is 0 Å². The molecule has 1 atom stereocenters. The monoisotopic (exact) mass is 252 g/mol. The minimum Gasteiger partial charge on any atom is -0.349 e. The Labute approximate surface area is 108 Å². The van der Waals surface area contributed by atoms with Gasteiger partial charge in [0.15, 0.2) is 0 Å². The number of halogens is 1. The molecule has 0 radical (unpaired) electrons. The van der Waals surface area contributed by atoms with Crippen LogP contribution in [-0.2, 0) is 0 Å². The van der Waals surface area contributed by atoms with Crippen molar-refractivity contribution < 1.29 is 9.18 Å². The minimum absolute atomic E-state index is 0.00760. The molecule has 1 unspecified atom stereocenters. The van der Waals surface area contributed by atoms with Crippen molar-refractivity contribution in [3.05, 3.63) is 29.8 Å².